The smallest absolute Gasteiger partial charge is 0.191 e. The standard InChI is InChI=1S/C16H27N3O2/c1-4-5-10-21-11-9-18-16(17-2)19-13-14-7-6-8-15(12-14)20-3/h6-8,12H,4-5,9-11,13H2,1-3H3,(H2,17,18,19). The van der Waals surface area contributed by atoms with Crippen molar-refractivity contribution >= 4 is 5.96 Å². The predicted octanol–water partition coefficient (Wildman–Crippen LogP) is 2.18. The second-order valence-electron chi connectivity index (χ2n) is 4.67. The molecule has 118 valence electrons. The van der Waals surface area contributed by atoms with E-state index in [-0.39, 0.29) is 0 Å². The van der Waals surface area contributed by atoms with Crippen LogP contribution in [0, 0.1) is 0 Å². The van der Waals surface area contributed by atoms with Crippen molar-refractivity contribution in [1.82, 2.24) is 10.6 Å². The lowest BCUT2D eigenvalue weighted by molar-refractivity contribution is 0.136. The van der Waals surface area contributed by atoms with Crippen molar-refractivity contribution in [2.24, 2.45) is 4.99 Å². The second kappa shape index (κ2) is 11.0. The number of ether oxygens (including phenoxy) is 2. The monoisotopic (exact) mass is 293 g/mol. The topological polar surface area (TPSA) is 54.9 Å². The first kappa shape index (κ1) is 17.3. The van der Waals surface area contributed by atoms with Gasteiger partial charge in [-0.05, 0) is 24.1 Å². The van der Waals surface area contributed by atoms with Gasteiger partial charge >= 0.3 is 0 Å². The molecule has 5 nitrogen and oxygen atoms in total. The van der Waals surface area contributed by atoms with Crippen LogP contribution in [0.1, 0.15) is 25.3 Å². The van der Waals surface area contributed by atoms with E-state index in [0.717, 1.165) is 43.3 Å². The zero-order valence-electron chi connectivity index (χ0n) is 13.3. The number of hydrogen-bond acceptors (Lipinski definition) is 3. The number of unbranched alkanes of at least 4 members (excludes halogenated alkanes) is 1. The van der Waals surface area contributed by atoms with Gasteiger partial charge in [-0.3, -0.25) is 4.99 Å². The number of nitrogens with zero attached hydrogens (tertiary/aromatic N) is 1. The zero-order valence-corrected chi connectivity index (χ0v) is 13.3. The number of guanidine groups is 1. The normalized spacial score (nSPS) is 11.3. The van der Waals surface area contributed by atoms with Crippen LogP contribution in [0.3, 0.4) is 0 Å². The number of benzene rings is 1. The first-order chi connectivity index (χ1) is 10.3. The maximum atomic E-state index is 5.50. The van der Waals surface area contributed by atoms with Gasteiger partial charge in [-0.15, -0.1) is 0 Å². The summed E-state index contributed by atoms with van der Waals surface area (Å²) in [6, 6.07) is 7.97. The number of rotatable bonds is 9. The largest absolute Gasteiger partial charge is 0.497 e. The Morgan fingerprint density at radius 3 is 2.81 bits per heavy atom. The molecule has 0 unspecified atom stereocenters. The Kier molecular flexibility index (Phi) is 9.04. The van der Waals surface area contributed by atoms with Crippen molar-refractivity contribution in [3.05, 3.63) is 29.8 Å². The summed E-state index contributed by atoms with van der Waals surface area (Å²) < 4.78 is 10.7. The van der Waals surface area contributed by atoms with Crippen molar-refractivity contribution in [2.75, 3.05) is 33.9 Å². The highest BCUT2D eigenvalue weighted by molar-refractivity contribution is 5.79. The highest BCUT2D eigenvalue weighted by atomic mass is 16.5. The minimum absolute atomic E-state index is 0.694. The van der Waals surface area contributed by atoms with E-state index in [1.165, 1.54) is 0 Å². The summed E-state index contributed by atoms with van der Waals surface area (Å²) in [7, 11) is 3.43. The van der Waals surface area contributed by atoms with E-state index in [2.05, 4.69) is 28.6 Å². The first-order valence-corrected chi connectivity index (χ1v) is 7.45. The van der Waals surface area contributed by atoms with Gasteiger partial charge in [0.15, 0.2) is 5.96 Å². The summed E-state index contributed by atoms with van der Waals surface area (Å²) in [4.78, 5) is 4.19. The fourth-order valence-electron chi connectivity index (χ4n) is 1.78. The minimum atomic E-state index is 0.694. The SMILES string of the molecule is CCCCOCCNC(=NC)NCc1cccc(OC)c1. The summed E-state index contributed by atoms with van der Waals surface area (Å²) in [6.07, 6.45) is 2.28. The molecule has 0 aliphatic heterocycles. The summed E-state index contributed by atoms with van der Waals surface area (Å²) in [6.45, 7) is 5.13. The fraction of sp³-hybridized carbons (Fsp3) is 0.562. The molecule has 0 amide bonds. The molecule has 0 saturated heterocycles. The van der Waals surface area contributed by atoms with Crippen LogP contribution in [0.15, 0.2) is 29.3 Å². The average molecular weight is 293 g/mol. The highest BCUT2D eigenvalue weighted by Gasteiger charge is 1.99. The molecular weight excluding hydrogens is 266 g/mol. The molecule has 5 heteroatoms. The Hall–Kier alpha value is -1.75. The van der Waals surface area contributed by atoms with Crippen LogP contribution in [0.4, 0.5) is 0 Å². The molecular formula is C16H27N3O2. The predicted molar refractivity (Wildman–Crippen MR) is 86.9 cm³/mol. The summed E-state index contributed by atoms with van der Waals surface area (Å²) in [5, 5.41) is 6.49. The molecule has 0 bridgehead atoms. The molecule has 1 aromatic carbocycles. The molecule has 0 saturated carbocycles. The molecule has 1 rings (SSSR count). The summed E-state index contributed by atoms with van der Waals surface area (Å²) >= 11 is 0. The van der Waals surface area contributed by atoms with E-state index in [0.29, 0.717) is 13.2 Å². The molecule has 0 heterocycles. The van der Waals surface area contributed by atoms with E-state index >= 15 is 0 Å². The van der Waals surface area contributed by atoms with Crippen LogP contribution in [-0.4, -0.2) is 39.9 Å². The van der Waals surface area contributed by atoms with Crippen molar-refractivity contribution in [3.8, 4) is 5.75 Å². The van der Waals surface area contributed by atoms with Crippen molar-refractivity contribution in [1.29, 1.82) is 0 Å². The van der Waals surface area contributed by atoms with E-state index in [1.54, 1.807) is 14.2 Å². The van der Waals surface area contributed by atoms with Gasteiger partial charge in [0.05, 0.1) is 13.7 Å². The zero-order chi connectivity index (χ0) is 15.3. The van der Waals surface area contributed by atoms with Crippen LogP contribution in [0.25, 0.3) is 0 Å². The molecule has 0 aliphatic rings. The lowest BCUT2D eigenvalue weighted by Gasteiger charge is -2.12. The van der Waals surface area contributed by atoms with Gasteiger partial charge in [0.2, 0.25) is 0 Å². The molecule has 2 N–H and O–H groups in total. The Morgan fingerprint density at radius 2 is 2.10 bits per heavy atom. The Balaban J connectivity index is 2.24. The molecule has 0 fully saturated rings. The molecule has 0 aliphatic carbocycles. The van der Waals surface area contributed by atoms with Crippen molar-refractivity contribution in [3.63, 3.8) is 0 Å². The molecule has 21 heavy (non-hydrogen) atoms. The van der Waals surface area contributed by atoms with Gasteiger partial charge in [-0.25, -0.2) is 0 Å². The van der Waals surface area contributed by atoms with Gasteiger partial charge in [-0.2, -0.15) is 0 Å². The third-order valence-electron chi connectivity index (χ3n) is 3.00. The second-order valence-corrected chi connectivity index (χ2v) is 4.67. The number of aliphatic imine (C=N–C) groups is 1. The van der Waals surface area contributed by atoms with E-state index in [9.17, 15) is 0 Å². The summed E-state index contributed by atoms with van der Waals surface area (Å²) in [5.74, 6) is 1.64. The summed E-state index contributed by atoms with van der Waals surface area (Å²) in [5.41, 5.74) is 1.15. The van der Waals surface area contributed by atoms with Crippen molar-refractivity contribution in [2.45, 2.75) is 26.3 Å². The highest BCUT2D eigenvalue weighted by Crippen LogP contribution is 2.11. The lowest BCUT2D eigenvalue weighted by Crippen LogP contribution is -2.38. The van der Waals surface area contributed by atoms with Gasteiger partial charge < -0.3 is 20.1 Å². The van der Waals surface area contributed by atoms with Crippen LogP contribution in [-0.2, 0) is 11.3 Å². The number of nitrogens with one attached hydrogen (secondary N) is 2. The van der Waals surface area contributed by atoms with Crippen LogP contribution >= 0.6 is 0 Å². The third-order valence-corrected chi connectivity index (χ3v) is 3.00. The van der Waals surface area contributed by atoms with E-state index in [1.807, 2.05) is 18.2 Å². The van der Waals surface area contributed by atoms with E-state index in [4.69, 9.17) is 9.47 Å². The first-order valence-electron chi connectivity index (χ1n) is 7.45. The molecule has 0 radical (unpaired) electrons. The Labute approximate surface area is 127 Å². The molecule has 1 aromatic rings. The van der Waals surface area contributed by atoms with Crippen LogP contribution in [0.5, 0.6) is 5.75 Å². The molecule has 0 aromatic heterocycles. The maximum absolute atomic E-state index is 5.50. The van der Waals surface area contributed by atoms with Gasteiger partial charge in [-0.1, -0.05) is 25.5 Å². The Morgan fingerprint density at radius 1 is 1.24 bits per heavy atom. The van der Waals surface area contributed by atoms with Crippen molar-refractivity contribution < 1.29 is 9.47 Å². The molecule has 0 atom stereocenters. The Bertz CT molecular complexity index is 422. The van der Waals surface area contributed by atoms with E-state index < -0.39 is 0 Å². The number of methoxy groups -OCH3 is 1. The fourth-order valence-corrected chi connectivity index (χ4v) is 1.78. The van der Waals surface area contributed by atoms with Gasteiger partial charge in [0, 0.05) is 26.7 Å². The number of hydrogen-bond donors (Lipinski definition) is 2. The average Bonchev–Trinajstić information content (AvgIpc) is 2.53. The van der Waals surface area contributed by atoms with Gasteiger partial charge in [0.1, 0.15) is 5.75 Å². The quantitative estimate of drug-likeness (QED) is 0.416. The van der Waals surface area contributed by atoms with Crippen LogP contribution in [0.2, 0.25) is 0 Å². The lowest BCUT2D eigenvalue weighted by atomic mass is 10.2. The maximum Gasteiger partial charge on any atom is 0.191 e. The third kappa shape index (κ3) is 7.56. The minimum Gasteiger partial charge on any atom is -0.497 e. The van der Waals surface area contributed by atoms with Crippen LogP contribution < -0.4 is 15.4 Å². The van der Waals surface area contributed by atoms with Gasteiger partial charge in [0.25, 0.3) is 0 Å². The molecule has 0 spiro atoms.